The monoisotopic (exact) mass is 430 g/mol. The van der Waals surface area contributed by atoms with Crippen molar-refractivity contribution in [2.75, 3.05) is 26.2 Å². The van der Waals surface area contributed by atoms with Crippen LogP contribution in [0, 0.1) is 12.8 Å². The lowest BCUT2D eigenvalue weighted by atomic mass is 9.97. The molecule has 0 aliphatic carbocycles. The molecule has 1 amide bonds. The molecule has 1 saturated heterocycles. The number of ether oxygens (including phenoxy) is 1. The molecule has 2 aromatic rings. The Kier molecular flexibility index (Phi) is 8.01. The number of hydrogen-bond donors (Lipinski definition) is 1. The first kappa shape index (κ1) is 22.5. The first-order valence-corrected chi connectivity index (χ1v) is 11.9. The van der Waals surface area contributed by atoms with Gasteiger partial charge in [-0.25, -0.2) is 8.42 Å². The van der Waals surface area contributed by atoms with Gasteiger partial charge < -0.3 is 10.1 Å². The summed E-state index contributed by atoms with van der Waals surface area (Å²) in [5, 5.41) is 2.96. The van der Waals surface area contributed by atoms with Crippen LogP contribution in [0.5, 0.6) is 0 Å². The number of benzene rings is 2. The molecule has 30 heavy (non-hydrogen) atoms. The predicted octanol–water partition coefficient (Wildman–Crippen LogP) is 3.12. The molecule has 0 saturated carbocycles. The average Bonchev–Trinajstić information content (AvgIpc) is 2.77. The fourth-order valence-electron chi connectivity index (χ4n) is 3.51. The molecule has 0 radical (unpaired) electrons. The van der Waals surface area contributed by atoms with Crippen LogP contribution < -0.4 is 5.32 Å². The number of rotatable bonds is 9. The lowest BCUT2D eigenvalue weighted by molar-refractivity contribution is -0.126. The fourth-order valence-corrected chi connectivity index (χ4v) is 4.98. The molecule has 162 valence electrons. The zero-order chi connectivity index (χ0) is 21.4. The number of hydrogen-bond acceptors (Lipinski definition) is 4. The van der Waals surface area contributed by atoms with Crippen LogP contribution in [0.4, 0.5) is 0 Å². The highest BCUT2D eigenvalue weighted by atomic mass is 32.2. The number of nitrogens with one attached hydrogen (secondary N) is 1. The second-order valence-corrected chi connectivity index (χ2v) is 9.61. The van der Waals surface area contributed by atoms with Crippen LogP contribution in [0.3, 0.4) is 0 Å². The average molecular weight is 431 g/mol. The van der Waals surface area contributed by atoms with E-state index in [0.29, 0.717) is 50.6 Å². The van der Waals surface area contributed by atoms with E-state index >= 15 is 0 Å². The molecule has 0 unspecified atom stereocenters. The molecular formula is C23H30N2O4S. The maximum atomic E-state index is 12.8. The number of carbonyl (C=O) groups excluding carboxylic acids is 1. The highest BCUT2D eigenvalue weighted by Gasteiger charge is 2.31. The first-order valence-electron chi connectivity index (χ1n) is 10.4. The lowest BCUT2D eigenvalue weighted by Gasteiger charge is -2.30. The van der Waals surface area contributed by atoms with Crippen molar-refractivity contribution < 1.29 is 17.9 Å². The third-order valence-electron chi connectivity index (χ3n) is 5.36. The molecule has 1 fully saturated rings. The van der Waals surface area contributed by atoms with Gasteiger partial charge in [-0.15, -0.1) is 0 Å². The summed E-state index contributed by atoms with van der Waals surface area (Å²) in [7, 11) is -3.49. The Morgan fingerprint density at radius 2 is 1.73 bits per heavy atom. The fraction of sp³-hybridized carbons (Fsp3) is 0.435. The third kappa shape index (κ3) is 6.14. The van der Waals surface area contributed by atoms with Crippen LogP contribution in [0.25, 0.3) is 0 Å². The molecule has 1 N–H and O–H groups in total. The number of carbonyl (C=O) groups is 1. The Morgan fingerprint density at radius 1 is 1.07 bits per heavy atom. The van der Waals surface area contributed by atoms with E-state index in [0.717, 1.165) is 17.5 Å². The topological polar surface area (TPSA) is 75.7 Å². The molecule has 0 bridgehead atoms. The normalized spacial score (nSPS) is 15.8. The smallest absolute Gasteiger partial charge is 0.243 e. The van der Waals surface area contributed by atoms with Crippen molar-refractivity contribution in [2.24, 2.45) is 5.92 Å². The van der Waals surface area contributed by atoms with Gasteiger partial charge in [0.2, 0.25) is 15.9 Å². The van der Waals surface area contributed by atoms with Gasteiger partial charge in [-0.2, -0.15) is 4.31 Å². The summed E-state index contributed by atoms with van der Waals surface area (Å²) in [5.74, 6) is -0.134. The van der Waals surface area contributed by atoms with Crippen molar-refractivity contribution >= 4 is 15.9 Å². The van der Waals surface area contributed by atoms with E-state index in [2.05, 4.69) is 5.32 Å². The van der Waals surface area contributed by atoms with E-state index in [9.17, 15) is 13.2 Å². The van der Waals surface area contributed by atoms with Crippen molar-refractivity contribution in [3.05, 3.63) is 65.7 Å². The Labute approximate surface area is 179 Å². The molecule has 1 aliphatic heterocycles. The number of amides is 1. The molecule has 0 atom stereocenters. The minimum atomic E-state index is -3.49. The van der Waals surface area contributed by atoms with Gasteiger partial charge >= 0.3 is 0 Å². The summed E-state index contributed by atoms with van der Waals surface area (Å²) in [6.45, 7) is 4.39. The van der Waals surface area contributed by atoms with Crippen molar-refractivity contribution in [1.29, 1.82) is 0 Å². The highest BCUT2D eigenvalue weighted by Crippen LogP contribution is 2.24. The number of piperidine rings is 1. The molecule has 7 heteroatoms. The van der Waals surface area contributed by atoms with Crippen molar-refractivity contribution in [1.82, 2.24) is 9.62 Å². The van der Waals surface area contributed by atoms with Gasteiger partial charge in [0.1, 0.15) is 0 Å². The number of nitrogens with zero attached hydrogens (tertiary/aromatic N) is 1. The van der Waals surface area contributed by atoms with Crippen LogP contribution in [-0.2, 0) is 26.2 Å². The molecule has 0 aromatic heterocycles. The van der Waals surface area contributed by atoms with E-state index in [4.69, 9.17) is 4.74 Å². The molecular weight excluding hydrogens is 400 g/mol. The Bertz CT molecular complexity index is 906. The Balaban J connectivity index is 1.35. The second kappa shape index (κ2) is 10.7. The van der Waals surface area contributed by atoms with E-state index in [1.165, 1.54) is 4.31 Å². The van der Waals surface area contributed by atoms with E-state index in [1.54, 1.807) is 24.3 Å². The molecule has 1 heterocycles. The van der Waals surface area contributed by atoms with E-state index < -0.39 is 10.0 Å². The molecule has 2 aromatic carbocycles. The maximum absolute atomic E-state index is 12.8. The Morgan fingerprint density at radius 3 is 2.40 bits per heavy atom. The van der Waals surface area contributed by atoms with Crippen LogP contribution in [0.15, 0.2) is 59.5 Å². The zero-order valence-corrected chi connectivity index (χ0v) is 18.2. The van der Waals surface area contributed by atoms with E-state index in [1.807, 2.05) is 37.3 Å². The van der Waals surface area contributed by atoms with Crippen LogP contribution in [0.2, 0.25) is 0 Å². The highest BCUT2D eigenvalue weighted by molar-refractivity contribution is 7.89. The Hall–Kier alpha value is -2.22. The van der Waals surface area contributed by atoms with Gasteiger partial charge in [0.05, 0.1) is 11.5 Å². The standard InChI is InChI=1S/C23H30N2O4S/c1-19-8-10-22(11-9-19)30(27,28)25-15-12-21(13-16-25)23(26)24-14-5-17-29-18-20-6-3-2-4-7-20/h2-4,6-11,21H,5,12-18H2,1H3,(H,24,26). The summed E-state index contributed by atoms with van der Waals surface area (Å²) in [5.41, 5.74) is 2.16. The molecule has 3 rings (SSSR count). The van der Waals surface area contributed by atoms with Gasteiger partial charge in [-0.1, -0.05) is 48.0 Å². The molecule has 1 aliphatic rings. The lowest BCUT2D eigenvalue weighted by Crippen LogP contribution is -2.43. The van der Waals surface area contributed by atoms with Crippen molar-refractivity contribution in [3.8, 4) is 0 Å². The summed E-state index contributed by atoms with van der Waals surface area (Å²) >= 11 is 0. The summed E-state index contributed by atoms with van der Waals surface area (Å²) in [6.07, 6.45) is 1.84. The minimum Gasteiger partial charge on any atom is -0.377 e. The number of aryl methyl sites for hydroxylation is 1. The van der Waals surface area contributed by atoms with Gasteiger partial charge in [0.25, 0.3) is 0 Å². The van der Waals surface area contributed by atoms with Gasteiger partial charge in [-0.05, 0) is 43.9 Å². The van der Waals surface area contributed by atoms with Crippen LogP contribution in [-0.4, -0.2) is 44.9 Å². The van der Waals surface area contributed by atoms with Gasteiger partial charge in [0.15, 0.2) is 0 Å². The zero-order valence-electron chi connectivity index (χ0n) is 17.4. The summed E-state index contributed by atoms with van der Waals surface area (Å²) in [4.78, 5) is 12.7. The third-order valence-corrected chi connectivity index (χ3v) is 7.27. The van der Waals surface area contributed by atoms with Gasteiger partial charge in [0, 0.05) is 32.2 Å². The van der Waals surface area contributed by atoms with Crippen molar-refractivity contribution in [3.63, 3.8) is 0 Å². The molecule has 0 spiro atoms. The summed E-state index contributed by atoms with van der Waals surface area (Å²) < 4.78 is 32.6. The summed E-state index contributed by atoms with van der Waals surface area (Å²) in [6, 6.07) is 16.9. The maximum Gasteiger partial charge on any atom is 0.243 e. The minimum absolute atomic E-state index is 0.00504. The predicted molar refractivity (Wildman–Crippen MR) is 116 cm³/mol. The first-order chi connectivity index (χ1) is 14.5. The van der Waals surface area contributed by atoms with Gasteiger partial charge in [-0.3, -0.25) is 4.79 Å². The van der Waals surface area contributed by atoms with Crippen LogP contribution >= 0.6 is 0 Å². The quantitative estimate of drug-likeness (QED) is 0.620. The van der Waals surface area contributed by atoms with E-state index in [-0.39, 0.29) is 11.8 Å². The van der Waals surface area contributed by atoms with Crippen molar-refractivity contribution in [2.45, 2.75) is 37.7 Å². The van der Waals surface area contributed by atoms with Crippen LogP contribution in [0.1, 0.15) is 30.4 Å². The SMILES string of the molecule is Cc1ccc(S(=O)(=O)N2CCC(C(=O)NCCCOCc3ccccc3)CC2)cc1. The second-order valence-electron chi connectivity index (χ2n) is 7.67. The largest absolute Gasteiger partial charge is 0.377 e. The molecule has 6 nitrogen and oxygen atoms in total. The number of sulfonamides is 1.